The van der Waals surface area contributed by atoms with Gasteiger partial charge in [0.15, 0.2) is 0 Å². The van der Waals surface area contributed by atoms with Crippen molar-refractivity contribution in [1.29, 1.82) is 0 Å². The minimum atomic E-state index is -0.512. The van der Waals surface area contributed by atoms with Crippen molar-refractivity contribution in [2.45, 2.75) is 45.3 Å². The molecule has 1 saturated heterocycles. The van der Waals surface area contributed by atoms with Gasteiger partial charge in [-0.1, -0.05) is 6.92 Å². The Kier molecular flexibility index (Phi) is 5.53. The summed E-state index contributed by atoms with van der Waals surface area (Å²) in [7, 11) is 0. The first-order valence-corrected chi connectivity index (χ1v) is 7.61. The first kappa shape index (κ1) is 16.2. The van der Waals surface area contributed by atoms with Crippen LogP contribution in [0.2, 0.25) is 0 Å². The molecule has 0 aliphatic carbocycles. The van der Waals surface area contributed by atoms with Crippen LogP contribution >= 0.6 is 0 Å². The fraction of sp³-hybridized carbons (Fsp3) is 0.625. The highest BCUT2D eigenvalue weighted by atomic mass is 19.1. The second-order valence-electron chi connectivity index (χ2n) is 5.76. The summed E-state index contributed by atoms with van der Waals surface area (Å²) in [5.41, 5.74) is 6.52. The zero-order valence-corrected chi connectivity index (χ0v) is 12.7. The molecule has 1 aromatic carbocycles. The van der Waals surface area contributed by atoms with Crippen LogP contribution in [0.4, 0.5) is 14.5 Å². The van der Waals surface area contributed by atoms with Crippen molar-refractivity contribution in [2.24, 2.45) is 5.73 Å². The Hall–Kier alpha value is -1.20. The zero-order chi connectivity index (χ0) is 15.4. The summed E-state index contributed by atoms with van der Waals surface area (Å²) >= 11 is 0. The van der Waals surface area contributed by atoms with E-state index in [0.717, 1.165) is 12.8 Å². The number of nitrogens with two attached hydrogens (primary N) is 1. The molecule has 1 aromatic rings. The van der Waals surface area contributed by atoms with E-state index in [1.807, 2.05) is 13.8 Å². The van der Waals surface area contributed by atoms with Gasteiger partial charge in [0.25, 0.3) is 0 Å². The van der Waals surface area contributed by atoms with Crippen LogP contribution in [0, 0.1) is 11.6 Å². The maximum Gasteiger partial charge on any atom is 0.149 e. The van der Waals surface area contributed by atoms with Crippen LogP contribution in [0.1, 0.15) is 32.3 Å². The monoisotopic (exact) mass is 298 g/mol. The van der Waals surface area contributed by atoms with Crippen LogP contribution in [0.3, 0.4) is 0 Å². The molecule has 118 valence electrons. The first-order chi connectivity index (χ1) is 10.0. The Morgan fingerprint density at radius 3 is 2.67 bits per heavy atom. The standard InChI is InChI=1S/C16H24F2N2O/c1-3-13(19)7-12-8-14(17)16(15(18)9-12)20-5-4-6-21-11(2)10-20/h8-9,11,13H,3-7,10,19H2,1-2H3. The second-order valence-corrected chi connectivity index (χ2v) is 5.76. The Labute approximate surface area is 125 Å². The molecule has 3 nitrogen and oxygen atoms in total. The molecular weight excluding hydrogens is 274 g/mol. The van der Waals surface area contributed by atoms with Crippen LogP contribution < -0.4 is 10.6 Å². The Morgan fingerprint density at radius 1 is 1.38 bits per heavy atom. The molecule has 2 atom stereocenters. The maximum atomic E-state index is 14.3. The van der Waals surface area contributed by atoms with Crippen LogP contribution in [0.15, 0.2) is 12.1 Å². The highest BCUT2D eigenvalue weighted by molar-refractivity contribution is 5.51. The SMILES string of the molecule is CCC(N)Cc1cc(F)c(N2CCCOC(C)C2)c(F)c1. The molecule has 0 bridgehead atoms. The Balaban J connectivity index is 2.23. The van der Waals surface area contributed by atoms with Crippen LogP contribution in [-0.4, -0.2) is 31.8 Å². The number of halogens is 2. The van der Waals surface area contributed by atoms with Crippen molar-refractivity contribution in [3.05, 3.63) is 29.3 Å². The maximum absolute atomic E-state index is 14.3. The summed E-state index contributed by atoms with van der Waals surface area (Å²) < 4.78 is 34.2. The zero-order valence-electron chi connectivity index (χ0n) is 12.7. The summed E-state index contributed by atoms with van der Waals surface area (Å²) in [5.74, 6) is -1.02. The van der Waals surface area contributed by atoms with Crippen LogP contribution in [0.5, 0.6) is 0 Å². The molecule has 0 amide bonds. The third kappa shape index (κ3) is 4.14. The lowest BCUT2D eigenvalue weighted by molar-refractivity contribution is 0.0820. The molecule has 0 aromatic heterocycles. The topological polar surface area (TPSA) is 38.5 Å². The van der Waals surface area contributed by atoms with E-state index >= 15 is 0 Å². The van der Waals surface area contributed by atoms with E-state index in [-0.39, 0.29) is 17.8 Å². The van der Waals surface area contributed by atoms with Gasteiger partial charge >= 0.3 is 0 Å². The lowest BCUT2D eigenvalue weighted by Gasteiger charge is -2.25. The number of ether oxygens (including phenoxy) is 1. The van der Waals surface area contributed by atoms with Crippen molar-refractivity contribution in [1.82, 2.24) is 0 Å². The lowest BCUT2D eigenvalue weighted by Crippen LogP contribution is -2.31. The van der Waals surface area contributed by atoms with Gasteiger partial charge < -0.3 is 15.4 Å². The number of hydrogen-bond donors (Lipinski definition) is 1. The second kappa shape index (κ2) is 7.18. The molecule has 1 aliphatic rings. The fourth-order valence-electron chi connectivity index (χ4n) is 2.68. The lowest BCUT2D eigenvalue weighted by atomic mass is 10.0. The van der Waals surface area contributed by atoms with Gasteiger partial charge in [0.1, 0.15) is 17.3 Å². The quantitative estimate of drug-likeness (QED) is 0.929. The molecule has 0 radical (unpaired) electrons. The van der Waals surface area contributed by atoms with Gasteiger partial charge in [-0.25, -0.2) is 8.78 Å². The van der Waals surface area contributed by atoms with Gasteiger partial charge in [0.2, 0.25) is 0 Å². The number of hydrogen-bond acceptors (Lipinski definition) is 3. The molecule has 2 N–H and O–H groups in total. The molecule has 0 saturated carbocycles. The molecule has 2 rings (SSSR count). The van der Waals surface area contributed by atoms with E-state index in [0.29, 0.717) is 31.7 Å². The summed E-state index contributed by atoms with van der Waals surface area (Å²) in [5, 5.41) is 0. The molecule has 2 unspecified atom stereocenters. The highest BCUT2D eigenvalue weighted by Crippen LogP contribution is 2.27. The van der Waals surface area contributed by atoms with Crippen molar-refractivity contribution >= 4 is 5.69 Å². The van der Waals surface area contributed by atoms with Gasteiger partial charge in [-0.2, -0.15) is 0 Å². The number of anilines is 1. The van der Waals surface area contributed by atoms with Crippen molar-refractivity contribution in [3.8, 4) is 0 Å². The summed E-state index contributed by atoms with van der Waals surface area (Å²) in [4.78, 5) is 1.74. The molecule has 1 aliphatic heterocycles. The van der Waals surface area contributed by atoms with Gasteiger partial charge in [0.05, 0.1) is 6.10 Å². The van der Waals surface area contributed by atoms with Crippen LogP contribution in [-0.2, 0) is 11.2 Å². The molecule has 5 heteroatoms. The minimum absolute atomic E-state index is 0.0282. The molecule has 0 spiro atoms. The van der Waals surface area contributed by atoms with Gasteiger partial charge in [-0.15, -0.1) is 0 Å². The van der Waals surface area contributed by atoms with Crippen molar-refractivity contribution in [3.63, 3.8) is 0 Å². The summed E-state index contributed by atoms with van der Waals surface area (Å²) in [6, 6.07) is 2.75. The Morgan fingerprint density at radius 2 is 2.05 bits per heavy atom. The van der Waals surface area contributed by atoms with E-state index in [4.69, 9.17) is 10.5 Å². The average molecular weight is 298 g/mol. The Bertz CT molecular complexity index is 458. The highest BCUT2D eigenvalue weighted by Gasteiger charge is 2.22. The first-order valence-electron chi connectivity index (χ1n) is 7.61. The number of nitrogens with zero attached hydrogens (tertiary/aromatic N) is 1. The summed E-state index contributed by atoms with van der Waals surface area (Å²) in [6.07, 6.45) is 2.02. The largest absolute Gasteiger partial charge is 0.377 e. The van der Waals surface area contributed by atoms with Crippen LogP contribution in [0.25, 0.3) is 0 Å². The third-order valence-electron chi connectivity index (χ3n) is 3.87. The van der Waals surface area contributed by atoms with E-state index in [1.54, 1.807) is 4.90 Å². The summed E-state index contributed by atoms with van der Waals surface area (Å²) in [6.45, 7) is 5.62. The van der Waals surface area contributed by atoms with Gasteiger partial charge in [-0.05, 0) is 43.9 Å². The number of rotatable bonds is 4. The average Bonchev–Trinajstić information content (AvgIpc) is 2.62. The normalized spacial score (nSPS) is 21.2. The molecular formula is C16H24F2N2O. The van der Waals surface area contributed by atoms with Gasteiger partial charge in [-0.3, -0.25) is 0 Å². The molecule has 1 fully saturated rings. The van der Waals surface area contributed by atoms with E-state index in [1.165, 1.54) is 12.1 Å². The van der Waals surface area contributed by atoms with E-state index in [9.17, 15) is 8.78 Å². The smallest absolute Gasteiger partial charge is 0.149 e. The molecule has 1 heterocycles. The van der Waals surface area contributed by atoms with E-state index in [2.05, 4.69) is 0 Å². The van der Waals surface area contributed by atoms with Crippen molar-refractivity contribution < 1.29 is 13.5 Å². The van der Waals surface area contributed by atoms with Gasteiger partial charge in [0, 0.05) is 25.7 Å². The fourth-order valence-corrected chi connectivity index (χ4v) is 2.68. The predicted molar refractivity (Wildman–Crippen MR) is 80.6 cm³/mol. The van der Waals surface area contributed by atoms with Crippen molar-refractivity contribution in [2.75, 3.05) is 24.6 Å². The minimum Gasteiger partial charge on any atom is -0.377 e. The predicted octanol–water partition coefficient (Wildman–Crippen LogP) is 2.86. The molecule has 21 heavy (non-hydrogen) atoms. The van der Waals surface area contributed by atoms with E-state index < -0.39 is 11.6 Å². The third-order valence-corrected chi connectivity index (χ3v) is 3.87. The number of benzene rings is 1.